The molecule has 0 saturated heterocycles. The van der Waals surface area contributed by atoms with Gasteiger partial charge in [0, 0.05) is 27.2 Å². The molecule has 3 aromatic carbocycles. The second-order valence-corrected chi connectivity index (χ2v) is 6.85. The van der Waals surface area contributed by atoms with Crippen LogP contribution in [-0.4, -0.2) is 10.9 Å². The summed E-state index contributed by atoms with van der Waals surface area (Å²) in [6.07, 6.45) is 0. The molecule has 29 heavy (non-hydrogen) atoms. The van der Waals surface area contributed by atoms with Crippen molar-refractivity contribution in [3.63, 3.8) is 0 Å². The van der Waals surface area contributed by atoms with Gasteiger partial charge < -0.3 is 17.7 Å². The third-order valence-corrected chi connectivity index (χ3v) is 4.76. The first kappa shape index (κ1) is 20.8. The fourth-order valence-electron chi connectivity index (χ4n) is 3.29. The largest absolute Gasteiger partial charge is 1.00 e. The highest BCUT2D eigenvalue weighted by atomic mass is 35.5. The zero-order chi connectivity index (χ0) is 19.7. The number of carbonyl (C=O) groups is 1. The Morgan fingerprint density at radius 3 is 2.41 bits per heavy atom. The lowest BCUT2D eigenvalue weighted by Crippen LogP contribution is -3.00. The molecule has 0 fully saturated rings. The lowest BCUT2D eigenvalue weighted by molar-refractivity contribution is -0.0000139. The predicted octanol–water partition coefficient (Wildman–Crippen LogP) is 3.26. The van der Waals surface area contributed by atoms with Gasteiger partial charge in [-0.1, -0.05) is 48.0 Å². The fraction of sp³-hybridized carbons (Fsp3) is 0.0435. The van der Waals surface area contributed by atoms with Crippen molar-refractivity contribution in [1.29, 1.82) is 0 Å². The van der Waals surface area contributed by atoms with E-state index in [1.807, 2.05) is 18.2 Å². The van der Waals surface area contributed by atoms with Crippen molar-refractivity contribution in [2.75, 3.05) is 5.32 Å². The van der Waals surface area contributed by atoms with Crippen LogP contribution in [0.4, 0.5) is 10.1 Å². The Kier molecular flexibility index (Phi) is 6.16. The molecule has 0 saturated carbocycles. The zero-order valence-electron chi connectivity index (χ0n) is 15.4. The molecule has 1 amide bonds. The monoisotopic (exact) mass is 425 g/mol. The minimum absolute atomic E-state index is 0. The first-order valence-electron chi connectivity index (χ1n) is 8.76. The summed E-state index contributed by atoms with van der Waals surface area (Å²) < 4.78 is 14.7. The Morgan fingerprint density at radius 1 is 1.00 bits per heavy atom. The molecule has 146 valence electrons. The fourth-order valence-corrected chi connectivity index (χ4v) is 3.47. The number of rotatable bonds is 3. The molecule has 1 aromatic heterocycles. The van der Waals surface area contributed by atoms with E-state index in [9.17, 15) is 9.18 Å². The van der Waals surface area contributed by atoms with Gasteiger partial charge in [-0.05, 0) is 43.3 Å². The SMILES string of the molecule is Cc1nc2ccc(Cl)cc2c(-c2ccccc2F)c1C(=O)Nc1ccccc1.[Cl-]. The lowest BCUT2D eigenvalue weighted by atomic mass is 9.93. The smallest absolute Gasteiger partial charge is 0.258 e. The minimum Gasteiger partial charge on any atom is -1.00 e. The Morgan fingerprint density at radius 2 is 1.69 bits per heavy atom. The minimum atomic E-state index is -0.414. The first-order valence-corrected chi connectivity index (χ1v) is 9.13. The molecule has 0 aliphatic carbocycles. The lowest BCUT2D eigenvalue weighted by Gasteiger charge is -2.16. The number of aryl methyl sites for hydroxylation is 1. The van der Waals surface area contributed by atoms with Gasteiger partial charge in [0.05, 0.1) is 16.8 Å². The van der Waals surface area contributed by atoms with Crippen LogP contribution in [0.2, 0.25) is 5.02 Å². The maximum atomic E-state index is 14.7. The molecule has 1 heterocycles. The third-order valence-electron chi connectivity index (χ3n) is 4.53. The summed E-state index contributed by atoms with van der Waals surface area (Å²) in [5.41, 5.74) is 2.95. The molecule has 0 atom stereocenters. The van der Waals surface area contributed by atoms with Crippen LogP contribution >= 0.6 is 11.6 Å². The standard InChI is InChI=1S/C23H16ClFN2O.ClH/c1-14-21(23(28)27-16-7-3-2-4-8-16)22(17-9-5-6-10-19(17)25)18-13-15(24)11-12-20(18)26-14;/h2-13H,1H3,(H,27,28);1H/p-1. The van der Waals surface area contributed by atoms with E-state index in [4.69, 9.17) is 11.6 Å². The molecule has 6 heteroatoms. The van der Waals surface area contributed by atoms with Crippen LogP contribution in [0.3, 0.4) is 0 Å². The Balaban J connectivity index is 0.00000240. The van der Waals surface area contributed by atoms with Gasteiger partial charge in [0.25, 0.3) is 5.91 Å². The number of fused-ring (bicyclic) bond motifs is 1. The van der Waals surface area contributed by atoms with Gasteiger partial charge in [-0.25, -0.2) is 4.39 Å². The molecular weight excluding hydrogens is 410 g/mol. The highest BCUT2D eigenvalue weighted by Crippen LogP contribution is 2.36. The number of amides is 1. The van der Waals surface area contributed by atoms with Crippen LogP contribution in [0, 0.1) is 12.7 Å². The molecule has 3 nitrogen and oxygen atoms in total. The van der Waals surface area contributed by atoms with Crippen molar-refractivity contribution >= 4 is 34.1 Å². The number of hydrogen-bond donors (Lipinski definition) is 1. The van der Waals surface area contributed by atoms with Gasteiger partial charge in [-0.3, -0.25) is 9.78 Å². The van der Waals surface area contributed by atoms with Crippen LogP contribution in [0.15, 0.2) is 72.8 Å². The summed E-state index contributed by atoms with van der Waals surface area (Å²) in [6, 6.07) is 20.7. The number of hydrogen-bond acceptors (Lipinski definition) is 2. The quantitative estimate of drug-likeness (QED) is 0.547. The van der Waals surface area contributed by atoms with E-state index in [-0.39, 0.29) is 18.3 Å². The molecule has 4 rings (SSSR count). The molecule has 0 aliphatic heterocycles. The highest BCUT2D eigenvalue weighted by Gasteiger charge is 2.22. The summed E-state index contributed by atoms with van der Waals surface area (Å²) in [5.74, 6) is -0.764. The van der Waals surface area contributed by atoms with E-state index in [2.05, 4.69) is 10.3 Å². The number of halogens is 3. The van der Waals surface area contributed by atoms with Gasteiger partial charge in [0.2, 0.25) is 0 Å². The Labute approximate surface area is 179 Å². The van der Waals surface area contributed by atoms with Crippen LogP contribution in [0.5, 0.6) is 0 Å². The number of anilines is 1. The number of nitrogens with one attached hydrogen (secondary N) is 1. The summed E-state index contributed by atoms with van der Waals surface area (Å²) in [5, 5.41) is 3.99. The molecule has 0 radical (unpaired) electrons. The van der Waals surface area contributed by atoms with Crippen LogP contribution < -0.4 is 17.7 Å². The summed E-state index contributed by atoms with van der Waals surface area (Å²) in [7, 11) is 0. The number of carbonyl (C=O) groups excluding carboxylic acids is 1. The molecule has 4 aromatic rings. The van der Waals surface area contributed by atoms with Crippen molar-refractivity contribution in [2.45, 2.75) is 6.92 Å². The van der Waals surface area contributed by atoms with Crippen molar-refractivity contribution in [3.05, 3.63) is 94.9 Å². The topological polar surface area (TPSA) is 42.0 Å². The number of benzene rings is 3. The first-order chi connectivity index (χ1) is 13.5. The van der Waals surface area contributed by atoms with Crippen molar-refractivity contribution in [1.82, 2.24) is 4.98 Å². The second kappa shape index (κ2) is 8.60. The highest BCUT2D eigenvalue weighted by molar-refractivity contribution is 6.31. The van der Waals surface area contributed by atoms with E-state index in [1.165, 1.54) is 6.07 Å². The van der Waals surface area contributed by atoms with Gasteiger partial charge in [-0.2, -0.15) is 0 Å². The Hall–Kier alpha value is -2.95. The van der Waals surface area contributed by atoms with Crippen LogP contribution in [-0.2, 0) is 0 Å². The van der Waals surface area contributed by atoms with E-state index in [0.29, 0.717) is 44.0 Å². The predicted molar refractivity (Wildman–Crippen MR) is 111 cm³/mol. The molecule has 0 unspecified atom stereocenters. The van der Waals surface area contributed by atoms with Crippen molar-refractivity contribution in [3.8, 4) is 11.1 Å². The number of nitrogens with zero attached hydrogens (tertiary/aromatic N) is 1. The molecule has 0 spiro atoms. The van der Waals surface area contributed by atoms with E-state index in [0.717, 1.165) is 0 Å². The maximum absolute atomic E-state index is 14.7. The summed E-state index contributed by atoms with van der Waals surface area (Å²) in [6.45, 7) is 1.75. The molecular formula is C23H16Cl2FN2O-. The van der Waals surface area contributed by atoms with Crippen molar-refractivity contribution in [2.24, 2.45) is 0 Å². The Bertz CT molecular complexity index is 1200. The normalized spacial score (nSPS) is 10.4. The number of aromatic nitrogens is 1. The van der Waals surface area contributed by atoms with Crippen LogP contribution in [0.25, 0.3) is 22.0 Å². The van der Waals surface area contributed by atoms with E-state index >= 15 is 0 Å². The van der Waals surface area contributed by atoms with Gasteiger partial charge in [0.1, 0.15) is 5.82 Å². The zero-order valence-corrected chi connectivity index (χ0v) is 16.9. The summed E-state index contributed by atoms with van der Waals surface area (Å²) >= 11 is 6.20. The van der Waals surface area contributed by atoms with Gasteiger partial charge >= 0.3 is 0 Å². The van der Waals surface area contributed by atoms with E-state index < -0.39 is 5.82 Å². The number of para-hydroxylation sites is 1. The maximum Gasteiger partial charge on any atom is 0.258 e. The molecule has 0 aliphatic rings. The molecule has 0 bridgehead atoms. The average Bonchev–Trinajstić information content (AvgIpc) is 2.68. The molecule has 1 N–H and O–H groups in total. The third kappa shape index (κ3) is 4.09. The van der Waals surface area contributed by atoms with E-state index in [1.54, 1.807) is 55.5 Å². The average molecular weight is 426 g/mol. The summed E-state index contributed by atoms with van der Waals surface area (Å²) in [4.78, 5) is 17.7. The van der Waals surface area contributed by atoms with Gasteiger partial charge in [-0.15, -0.1) is 0 Å². The van der Waals surface area contributed by atoms with Crippen molar-refractivity contribution < 1.29 is 21.6 Å². The van der Waals surface area contributed by atoms with Crippen LogP contribution in [0.1, 0.15) is 16.1 Å². The number of pyridine rings is 1. The van der Waals surface area contributed by atoms with Gasteiger partial charge in [0.15, 0.2) is 0 Å². The second-order valence-electron chi connectivity index (χ2n) is 6.41.